The molecule has 0 spiro atoms. The maximum absolute atomic E-state index is 10.6. The molecule has 0 unspecified atom stereocenters. The van der Waals surface area contributed by atoms with Gasteiger partial charge >= 0.3 is 0 Å². The largest absolute Gasteiger partial charge is 0.478 e. The monoisotopic (exact) mass is 183 g/mol. The summed E-state index contributed by atoms with van der Waals surface area (Å²) in [5.74, 6) is 0.345. The van der Waals surface area contributed by atoms with E-state index in [0.717, 1.165) is 12.8 Å². The van der Waals surface area contributed by atoms with Gasteiger partial charge in [0.15, 0.2) is 0 Å². The number of carbonyl (C=O) groups is 1. The van der Waals surface area contributed by atoms with E-state index in [9.17, 15) is 4.79 Å². The van der Waals surface area contributed by atoms with Crippen molar-refractivity contribution in [2.45, 2.75) is 33.1 Å². The molecule has 0 aliphatic rings. The van der Waals surface area contributed by atoms with Crippen LogP contribution >= 0.6 is 0 Å². The number of carbonyl (C=O) groups excluding carboxylic acids is 1. The average Bonchev–Trinajstić information content (AvgIpc) is 2.02. The Kier molecular flexibility index (Phi) is 5.85. The van der Waals surface area contributed by atoms with E-state index in [1.807, 2.05) is 0 Å². The van der Waals surface area contributed by atoms with Gasteiger partial charge in [0.1, 0.15) is 5.78 Å². The molecule has 0 atom stereocenters. The van der Waals surface area contributed by atoms with Crippen molar-refractivity contribution in [2.24, 2.45) is 0 Å². The van der Waals surface area contributed by atoms with Gasteiger partial charge in [-0.1, -0.05) is 6.58 Å². The molecule has 0 amide bonds. The van der Waals surface area contributed by atoms with E-state index in [2.05, 4.69) is 6.58 Å². The van der Waals surface area contributed by atoms with Crippen molar-refractivity contribution >= 4 is 11.7 Å². The smallest absolute Gasteiger partial charge is 0.208 e. The minimum atomic E-state index is 0.142. The molecule has 0 bridgehead atoms. The van der Waals surface area contributed by atoms with Crippen molar-refractivity contribution < 1.29 is 9.53 Å². The van der Waals surface area contributed by atoms with Crippen LogP contribution in [0.1, 0.15) is 33.1 Å². The van der Waals surface area contributed by atoms with Crippen LogP contribution in [0.3, 0.4) is 0 Å². The molecule has 0 saturated heterocycles. The number of Topliss-reactive ketones (excluding diaryl/α,β-unsaturated/α-hetero) is 1. The van der Waals surface area contributed by atoms with Crippen molar-refractivity contribution in [3.05, 3.63) is 12.2 Å². The fourth-order valence-corrected chi connectivity index (χ4v) is 0.773. The van der Waals surface area contributed by atoms with Gasteiger partial charge in [0.25, 0.3) is 0 Å². The molecule has 1 N–H and O–H groups in total. The molecular formula is C10H17NO2. The van der Waals surface area contributed by atoms with Crippen molar-refractivity contribution in [2.75, 3.05) is 6.61 Å². The second-order valence-corrected chi connectivity index (χ2v) is 3.12. The summed E-state index contributed by atoms with van der Waals surface area (Å²) in [5, 5.41) is 7.27. The second-order valence-electron chi connectivity index (χ2n) is 3.12. The molecule has 0 rings (SSSR count). The lowest BCUT2D eigenvalue weighted by atomic mass is 10.2. The molecule has 0 heterocycles. The Morgan fingerprint density at radius 3 is 2.46 bits per heavy atom. The van der Waals surface area contributed by atoms with Crippen LogP contribution in [0.2, 0.25) is 0 Å². The highest BCUT2D eigenvalue weighted by molar-refractivity contribution is 5.89. The summed E-state index contributed by atoms with van der Waals surface area (Å²) in [6, 6.07) is 0. The van der Waals surface area contributed by atoms with E-state index >= 15 is 0 Å². The summed E-state index contributed by atoms with van der Waals surface area (Å²) in [5.41, 5.74) is 0.631. The fraction of sp³-hybridized carbons (Fsp3) is 0.600. The first-order valence-electron chi connectivity index (χ1n) is 4.40. The van der Waals surface area contributed by atoms with Gasteiger partial charge < -0.3 is 9.53 Å². The van der Waals surface area contributed by atoms with Crippen LogP contribution in [0.25, 0.3) is 0 Å². The summed E-state index contributed by atoms with van der Waals surface area (Å²) < 4.78 is 5.06. The SMILES string of the molecule is C=C(C)C(=N)OCCCCC(C)=O. The van der Waals surface area contributed by atoms with Crippen LogP contribution in [-0.4, -0.2) is 18.3 Å². The Labute approximate surface area is 79.3 Å². The van der Waals surface area contributed by atoms with E-state index in [1.165, 1.54) is 0 Å². The van der Waals surface area contributed by atoms with Gasteiger partial charge in [-0.2, -0.15) is 0 Å². The molecule has 0 saturated carbocycles. The predicted octanol–water partition coefficient (Wildman–Crippen LogP) is 2.32. The zero-order valence-corrected chi connectivity index (χ0v) is 8.35. The number of nitrogens with one attached hydrogen (secondary N) is 1. The maximum Gasteiger partial charge on any atom is 0.208 e. The minimum absolute atomic E-state index is 0.142. The third-order valence-corrected chi connectivity index (χ3v) is 1.56. The Morgan fingerprint density at radius 1 is 1.38 bits per heavy atom. The van der Waals surface area contributed by atoms with E-state index in [4.69, 9.17) is 10.1 Å². The predicted molar refractivity (Wildman–Crippen MR) is 53.0 cm³/mol. The number of unbranched alkanes of at least 4 members (excludes halogenated alkanes) is 1. The highest BCUT2D eigenvalue weighted by atomic mass is 16.5. The van der Waals surface area contributed by atoms with Gasteiger partial charge in [0, 0.05) is 12.0 Å². The van der Waals surface area contributed by atoms with Gasteiger partial charge in [0.2, 0.25) is 5.90 Å². The molecule has 3 heteroatoms. The van der Waals surface area contributed by atoms with Crippen LogP contribution in [0.15, 0.2) is 12.2 Å². The highest BCUT2D eigenvalue weighted by Gasteiger charge is 1.98. The first kappa shape index (κ1) is 11.9. The Morgan fingerprint density at radius 2 is 2.00 bits per heavy atom. The zero-order chi connectivity index (χ0) is 10.3. The molecule has 0 aromatic carbocycles. The molecule has 0 aliphatic carbocycles. The van der Waals surface area contributed by atoms with Crippen molar-refractivity contribution in [1.29, 1.82) is 5.41 Å². The zero-order valence-electron chi connectivity index (χ0n) is 8.35. The van der Waals surface area contributed by atoms with Gasteiger partial charge in [-0.05, 0) is 26.7 Å². The van der Waals surface area contributed by atoms with E-state index in [-0.39, 0.29) is 11.7 Å². The topological polar surface area (TPSA) is 50.1 Å². The molecular weight excluding hydrogens is 166 g/mol. The number of ether oxygens (including phenoxy) is 1. The quantitative estimate of drug-likeness (QED) is 0.390. The summed E-state index contributed by atoms with van der Waals surface area (Å²) in [4.78, 5) is 10.6. The van der Waals surface area contributed by atoms with Gasteiger partial charge in [-0.15, -0.1) is 0 Å². The number of hydrogen-bond donors (Lipinski definition) is 1. The minimum Gasteiger partial charge on any atom is -0.478 e. The van der Waals surface area contributed by atoms with Crippen LogP contribution < -0.4 is 0 Å². The van der Waals surface area contributed by atoms with Crippen molar-refractivity contribution in [1.82, 2.24) is 0 Å². The molecule has 0 aliphatic heterocycles. The third kappa shape index (κ3) is 7.25. The van der Waals surface area contributed by atoms with Gasteiger partial charge in [-0.25, -0.2) is 0 Å². The summed E-state index contributed by atoms with van der Waals surface area (Å²) in [6.07, 6.45) is 2.25. The van der Waals surface area contributed by atoms with Crippen LogP contribution in [-0.2, 0) is 9.53 Å². The molecule has 0 fully saturated rings. The lowest BCUT2D eigenvalue weighted by Crippen LogP contribution is -2.05. The van der Waals surface area contributed by atoms with Crippen molar-refractivity contribution in [3.63, 3.8) is 0 Å². The Balaban J connectivity index is 3.31. The Hall–Kier alpha value is -1.12. The van der Waals surface area contributed by atoms with Crippen LogP contribution in [0.5, 0.6) is 0 Å². The summed E-state index contributed by atoms with van der Waals surface area (Å²) in [7, 11) is 0. The fourth-order valence-electron chi connectivity index (χ4n) is 0.773. The number of ketones is 1. The molecule has 3 nitrogen and oxygen atoms in total. The number of hydrogen-bond acceptors (Lipinski definition) is 3. The standard InChI is InChI=1S/C10H17NO2/c1-8(2)10(11)13-7-5-4-6-9(3)12/h11H,1,4-7H2,2-3H3. The van der Waals surface area contributed by atoms with Gasteiger partial charge in [0.05, 0.1) is 6.61 Å². The summed E-state index contributed by atoms with van der Waals surface area (Å²) in [6.45, 7) is 7.39. The van der Waals surface area contributed by atoms with Crippen LogP contribution in [0.4, 0.5) is 0 Å². The van der Waals surface area contributed by atoms with E-state index < -0.39 is 0 Å². The summed E-state index contributed by atoms with van der Waals surface area (Å²) >= 11 is 0. The lowest BCUT2D eigenvalue weighted by molar-refractivity contribution is -0.117. The lowest BCUT2D eigenvalue weighted by Gasteiger charge is -2.05. The molecule has 13 heavy (non-hydrogen) atoms. The molecule has 0 aromatic heterocycles. The molecule has 74 valence electrons. The highest BCUT2D eigenvalue weighted by Crippen LogP contribution is 1.99. The normalized spacial score (nSPS) is 9.38. The second kappa shape index (κ2) is 6.40. The maximum atomic E-state index is 10.6. The first-order valence-corrected chi connectivity index (χ1v) is 4.40. The van der Waals surface area contributed by atoms with Gasteiger partial charge in [-0.3, -0.25) is 5.41 Å². The van der Waals surface area contributed by atoms with Crippen LogP contribution in [0, 0.1) is 5.41 Å². The molecule has 0 aromatic rings. The first-order chi connectivity index (χ1) is 6.04. The van der Waals surface area contributed by atoms with E-state index in [0.29, 0.717) is 18.6 Å². The number of rotatable bonds is 6. The average molecular weight is 183 g/mol. The third-order valence-electron chi connectivity index (χ3n) is 1.56. The van der Waals surface area contributed by atoms with E-state index in [1.54, 1.807) is 13.8 Å². The molecule has 0 radical (unpaired) electrons. The van der Waals surface area contributed by atoms with Crippen molar-refractivity contribution in [3.8, 4) is 0 Å². The Bertz CT molecular complexity index is 209.